The van der Waals surface area contributed by atoms with Crippen molar-refractivity contribution in [2.75, 3.05) is 0 Å². The Balaban J connectivity index is 0.000000190. The molecule has 0 nitrogen and oxygen atoms in total. The number of halogens is 2. The fraction of sp³-hybridized carbons (Fsp3) is 0.277. The van der Waals surface area contributed by atoms with Gasteiger partial charge in [-0.25, -0.2) is 11.6 Å². The van der Waals surface area contributed by atoms with Crippen molar-refractivity contribution in [3.05, 3.63) is 159 Å². The summed E-state index contributed by atoms with van der Waals surface area (Å²) in [6, 6.07) is 33.5. The molecule has 0 atom stereocenters. The van der Waals surface area contributed by atoms with Crippen molar-refractivity contribution in [3.63, 3.8) is 0 Å². The molecule has 8 rings (SSSR count). The zero-order valence-corrected chi connectivity index (χ0v) is 35.2. The number of aryl methyl sites for hydroxylation is 3. The summed E-state index contributed by atoms with van der Waals surface area (Å²) in [4.78, 5) is 0. The number of fused-ring (bicyclic) bond motifs is 5. The van der Waals surface area contributed by atoms with Crippen LogP contribution in [0.3, 0.4) is 0 Å². The van der Waals surface area contributed by atoms with Crippen LogP contribution in [-0.2, 0) is 41.5 Å². The summed E-state index contributed by atoms with van der Waals surface area (Å²) >= 11 is 1.51. The van der Waals surface area contributed by atoms with Gasteiger partial charge in [0.15, 0.2) is 0 Å². The molecule has 5 aromatic carbocycles. The minimum Gasteiger partial charge on any atom is -1.00 e. The maximum atomic E-state index is 3.65. The molecule has 3 heteroatoms. The fourth-order valence-corrected chi connectivity index (χ4v) is 8.22. The Morgan fingerprint density at radius 3 is 1.82 bits per heavy atom. The molecule has 3 aliphatic carbocycles. The minimum atomic E-state index is 0. The Morgan fingerprint density at radius 1 is 0.680 bits per heavy atom. The van der Waals surface area contributed by atoms with Crippen LogP contribution in [0.25, 0.3) is 33.4 Å². The average molecular weight is 775 g/mol. The largest absolute Gasteiger partial charge is 1.00 e. The van der Waals surface area contributed by atoms with E-state index >= 15 is 0 Å². The van der Waals surface area contributed by atoms with Crippen molar-refractivity contribution in [2.24, 2.45) is 0 Å². The second-order valence-corrected chi connectivity index (χ2v) is 17.0. The van der Waals surface area contributed by atoms with Gasteiger partial charge < -0.3 is 24.8 Å². The van der Waals surface area contributed by atoms with Crippen molar-refractivity contribution in [1.82, 2.24) is 0 Å². The summed E-state index contributed by atoms with van der Waals surface area (Å²) in [5, 5.41) is 0. The second kappa shape index (κ2) is 15.3. The van der Waals surface area contributed by atoms with Crippen LogP contribution in [0.15, 0.2) is 97.1 Å². The zero-order chi connectivity index (χ0) is 34.5. The molecule has 0 unspecified atom stereocenters. The first-order valence-corrected chi connectivity index (χ1v) is 18.5. The molecule has 0 aromatic heterocycles. The molecular weight excluding hydrogens is 727 g/mol. The molecule has 0 spiro atoms. The molecule has 0 radical (unpaired) electrons. The summed E-state index contributed by atoms with van der Waals surface area (Å²) in [6.07, 6.45) is 7.13. The summed E-state index contributed by atoms with van der Waals surface area (Å²) in [5.41, 5.74) is 22.6. The van der Waals surface area contributed by atoms with Gasteiger partial charge in [-0.15, -0.1) is 11.6 Å². The Labute approximate surface area is 328 Å². The monoisotopic (exact) mass is 772 g/mol. The van der Waals surface area contributed by atoms with Crippen molar-refractivity contribution < 1.29 is 49.0 Å². The van der Waals surface area contributed by atoms with Gasteiger partial charge in [0.25, 0.3) is 0 Å². The molecule has 50 heavy (non-hydrogen) atoms. The van der Waals surface area contributed by atoms with Gasteiger partial charge in [0.1, 0.15) is 0 Å². The van der Waals surface area contributed by atoms with Gasteiger partial charge in [-0.3, -0.25) is 6.08 Å². The van der Waals surface area contributed by atoms with Crippen molar-refractivity contribution in [3.8, 4) is 22.3 Å². The minimum absolute atomic E-state index is 0. The number of rotatable bonds is 2. The Morgan fingerprint density at radius 2 is 1.26 bits per heavy atom. The number of benzene rings is 4. The summed E-state index contributed by atoms with van der Waals surface area (Å²) in [7, 11) is 0. The van der Waals surface area contributed by atoms with Gasteiger partial charge in [-0.05, 0) is 58.4 Å². The molecule has 0 saturated heterocycles. The van der Waals surface area contributed by atoms with Crippen LogP contribution in [0.5, 0.6) is 0 Å². The summed E-state index contributed by atoms with van der Waals surface area (Å²) in [6.45, 7) is 22.3. The molecule has 256 valence electrons. The molecule has 0 saturated carbocycles. The Hall–Kier alpha value is -2.96. The smallest absolute Gasteiger partial charge is 0.0623 e. The van der Waals surface area contributed by atoms with Gasteiger partial charge in [-0.1, -0.05) is 108 Å². The SMILES string of the molecule is CC1=[C-]C(C)(C)c2cc3c(cc21)-c1cc2c(cc1C3)C(C)(C)C=C2C.C[C](=[Zr+2])c1ccc(C)cc1.Cc1cc(-c2ccccc2)c(C)[cH-]1.[Cl-].[Cl-]. The third-order valence-electron chi connectivity index (χ3n) is 10.2. The van der Waals surface area contributed by atoms with Gasteiger partial charge in [0.05, 0.1) is 0 Å². The van der Waals surface area contributed by atoms with Crippen LogP contribution < -0.4 is 24.8 Å². The van der Waals surface area contributed by atoms with Crippen LogP contribution >= 0.6 is 0 Å². The Kier molecular flexibility index (Phi) is 12.2. The first-order chi connectivity index (χ1) is 22.6. The maximum Gasteiger partial charge on any atom is -0.0623 e. The van der Waals surface area contributed by atoms with E-state index in [9.17, 15) is 0 Å². The van der Waals surface area contributed by atoms with Gasteiger partial charge in [0, 0.05) is 5.41 Å². The van der Waals surface area contributed by atoms with E-state index in [2.05, 4.69) is 172 Å². The van der Waals surface area contributed by atoms with E-state index in [-0.39, 0.29) is 35.6 Å². The van der Waals surface area contributed by atoms with E-state index in [1.165, 1.54) is 116 Å². The maximum absolute atomic E-state index is 3.65. The van der Waals surface area contributed by atoms with E-state index in [1.54, 1.807) is 0 Å². The van der Waals surface area contributed by atoms with Gasteiger partial charge in [-0.2, -0.15) is 28.3 Å². The number of allylic oxidation sites excluding steroid dienone is 4. The van der Waals surface area contributed by atoms with Crippen molar-refractivity contribution >= 4 is 14.4 Å². The predicted molar refractivity (Wildman–Crippen MR) is 205 cm³/mol. The van der Waals surface area contributed by atoms with E-state index in [4.69, 9.17) is 0 Å². The summed E-state index contributed by atoms with van der Waals surface area (Å²) in [5.74, 6) is 0. The topological polar surface area (TPSA) is 0 Å². The summed E-state index contributed by atoms with van der Waals surface area (Å²) < 4.78 is 1.46. The van der Waals surface area contributed by atoms with E-state index < -0.39 is 0 Å². The van der Waals surface area contributed by atoms with Crippen molar-refractivity contribution in [2.45, 2.75) is 86.5 Å². The predicted octanol–water partition coefficient (Wildman–Crippen LogP) is 6.23. The molecule has 5 aromatic rings. The van der Waals surface area contributed by atoms with E-state index in [0.29, 0.717) is 0 Å². The molecule has 0 aliphatic heterocycles. The quantitative estimate of drug-likeness (QED) is 0.183. The van der Waals surface area contributed by atoms with Gasteiger partial charge >= 0.3 is 76.7 Å². The van der Waals surface area contributed by atoms with Crippen LogP contribution in [-0.4, -0.2) is 3.21 Å². The number of hydrogen-bond donors (Lipinski definition) is 0. The average Bonchev–Trinajstić information content (AvgIpc) is 3.70. The van der Waals surface area contributed by atoms with Crippen LogP contribution in [0, 0.1) is 26.8 Å². The Bertz CT molecular complexity index is 2020. The molecule has 0 N–H and O–H groups in total. The third-order valence-corrected chi connectivity index (χ3v) is 11.0. The van der Waals surface area contributed by atoms with Crippen LogP contribution in [0.4, 0.5) is 0 Å². The third kappa shape index (κ3) is 7.92. The fourth-order valence-electron chi connectivity index (χ4n) is 7.81. The number of hydrogen-bond acceptors (Lipinski definition) is 0. The molecule has 0 heterocycles. The van der Waals surface area contributed by atoms with Crippen molar-refractivity contribution in [1.29, 1.82) is 0 Å². The molecule has 3 aliphatic rings. The van der Waals surface area contributed by atoms with E-state index in [0.717, 1.165) is 6.42 Å². The second-order valence-electron chi connectivity index (χ2n) is 15.2. The molecule has 0 fully saturated rings. The van der Waals surface area contributed by atoms with Gasteiger partial charge in [0.2, 0.25) is 0 Å². The first kappa shape index (κ1) is 39.8. The molecular formula is C47H48Cl2Zr-2. The van der Waals surface area contributed by atoms with E-state index in [1.807, 2.05) is 0 Å². The molecule has 0 bridgehead atoms. The molecule has 0 amide bonds. The van der Waals surface area contributed by atoms with Crippen LogP contribution in [0.2, 0.25) is 0 Å². The first-order valence-electron chi connectivity index (χ1n) is 17.2. The normalized spacial score (nSPS) is 14.9. The van der Waals surface area contributed by atoms with Crippen LogP contribution in [0.1, 0.15) is 104 Å². The standard InChI is InChI=1S/C25H25.C13H13.C9H10.2ClH.Zr/c1-14-12-24(3,4)22-8-16-7-17-9-23-19(15(2)13-25(23,5)6)11-21(17)20(16)10-18(14)22;1-10-8-11(2)13(9-10)12-6-4-3-5-7-12;1-3-9-6-4-8(2)5-7-9;;;/h8-12H,7H2,1-6H3;3-9H,1-2H3;4-7H,1-2H3;2*1H;/q2*-1;;;;+2/p-2. The zero-order valence-electron chi connectivity index (χ0n) is 31.2.